The van der Waals surface area contributed by atoms with E-state index in [9.17, 15) is 5.11 Å². The van der Waals surface area contributed by atoms with Gasteiger partial charge in [-0.25, -0.2) is 0 Å². The number of rotatable bonds is 5. The first-order chi connectivity index (χ1) is 13.6. The van der Waals surface area contributed by atoms with Crippen molar-refractivity contribution in [2.24, 2.45) is 16.3 Å². The highest BCUT2D eigenvalue weighted by Gasteiger charge is 2.45. The number of hydrogen-bond acceptors (Lipinski definition) is 5. The third-order valence-corrected chi connectivity index (χ3v) is 7.60. The molecule has 2 aromatic rings. The molecule has 28 heavy (non-hydrogen) atoms. The van der Waals surface area contributed by atoms with Gasteiger partial charge in [-0.3, -0.25) is 4.99 Å². The van der Waals surface area contributed by atoms with E-state index in [-0.39, 0.29) is 17.3 Å². The number of H-pyrrole nitrogens is 1. The number of imidazole rings is 1. The van der Waals surface area contributed by atoms with Gasteiger partial charge in [-0.1, -0.05) is 24.6 Å². The molecule has 0 amide bonds. The minimum absolute atomic E-state index is 0.0334. The van der Waals surface area contributed by atoms with E-state index < -0.39 is 0 Å². The molecule has 5 nitrogen and oxygen atoms in total. The van der Waals surface area contributed by atoms with Crippen molar-refractivity contribution in [1.82, 2.24) is 9.97 Å². The molecule has 2 aliphatic carbocycles. The summed E-state index contributed by atoms with van der Waals surface area (Å²) < 4.78 is 0. The molecule has 3 unspecified atom stereocenters. The molecule has 3 atom stereocenters. The van der Waals surface area contributed by atoms with Crippen molar-refractivity contribution in [3.8, 4) is 5.88 Å². The van der Waals surface area contributed by atoms with Crippen LogP contribution in [-0.2, 0) is 0 Å². The largest absolute Gasteiger partial charge is 0.492 e. The molecule has 2 heterocycles. The fourth-order valence-corrected chi connectivity index (χ4v) is 5.49. The summed E-state index contributed by atoms with van der Waals surface area (Å²) in [5.41, 5.74) is 2.55. The minimum atomic E-state index is 0.0334. The van der Waals surface area contributed by atoms with E-state index in [0.29, 0.717) is 11.6 Å². The summed E-state index contributed by atoms with van der Waals surface area (Å²) in [4.78, 5) is 13.2. The molecular formula is C22H26N4OS. The van der Waals surface area contributed by atoms with Gasteiger partial charge in [0.15, 0.2) is 0 Å². The average Bonchev–Trinajstić information content (AvgIpc) is 3.17. The summed E-state index contributed by atoms with van der Waals surface area (Å²) in [5, 5.41) is 16.0. The predicted molar refractivity (Wildman–Crippen MR) is 113 cm³/mol. The Bertz CT molecular complexity index is 1070. The Morgan fingerprint density at radius 2 is 2.36 bits per heavy atom. The van der Waals surface area contributed by atoms with Crippen LogP contribution in [0.25, 0.3) is 6.08 Å². The van der Waals surface area contributed by atoms with Crippen LogP contribution in [0.15, 0.2) is 39.7 Å². The van der Waals surface area contributed by atoms with Crippen LogP contribution in [0.1, 0.15) is 45.2 Å². The number of fused-ring (bicyclic) bond motifs is 2. The van der Waals surface area contributed by atoms with Gasteiger partial charge in [0, 0.05) is 10.9 Å². The second kappa shape index (κ2) is 6.69. The van der Waals surface area contributed by atoms with E-state index in [4.69, 9.17) is 0 Å². The third kappa shape index (κ3) is 3.13. The quantitative estimate of drug-likeness (QED) is 0.678. The van der Waals surface area contributed by atoms with Crippen molar-refractivity contribution in [2.45, 2.75) is 50.5 Å². The molecule has 1 aliphatic heterocycles. The zero-order valence-corrected chi connectivity index (χ0v) is 17.1. The number of benzene rings is 1. The molecule has 0 saturated heterocycles. The summed E-state index contributed by atoms with van der Waals surface area (Å²) in [6.07, 6.45) is 9.21. The van der Waals surface area contributed by atoms with Gasteiger partial charge in [-0.2, -0.15) is 4.98 Å². The molecular weight excluding hydrogens is 368 g/mol. The molecule has 0 spiro atoms. The summed E-state index contributed by atoms with van der Waals surface area (Å²) in [7, 11) is 0. The maximum absolute atomic E-state index is 10.3. The Morgan fingerprint density at radius 1 is 1.46 bits per heavy atom. The third-order valence-electron chi connectivity index (χ3n) is 6.71. The van der Waals surface area contributed by atoms with Crippen LogP contribution in [-0.4, -0.2) is 27.0 Å². The fourth-order valence-electron chi connectivity index (χ4n) is 4.65. The Kier molecular flexibility index (Phi) is 4.27. The molecule has 6 heteroatoms. The molecule has 3 N–H and O–H groups in total. The molecule has 1 aromatic carbocycles. The first kappa shape index (κ1) is 17.9. The van der Waals surface area contributed by atoms with Gasteiger partial charge in [-0.05, 0) is 67.4 Å². The maximum atomic E-state index is 10.3. The molecule has 3 aliphatic rings. The monoisotopic (exact) mass is 394 g/mol. The van der Waals surface area contributed by atoms with E-state index in [1.807, 2.05) is 18.2 Å². The lowest BCUT2D eigenvalue weighted by atomic mass is 9.70. The molecule has 146 valence electrons. The topological polar surface area (TPSA) is 73.3 Å². The summed E-state index contributed by atoms with van der Waals surface area (Å²) >= 11 is 1.74. The molecule has 0 radical (unpaired) electrons. The molecule has 5 rings (SSSR count). The zero-order valence-electron chi connectivity index (χ0n) is 16.3. The number of thioether (sulfide) groups is 1. The lowest BCUT2D eigenvalue weighted by molar-refractivity contribution is 0.202. The second-order valence-electron chi connectivity index (χ2n) is 8.30. The number of anilines is 1. The summed E-state index contributed by atoms with van der Waals surface area (Å²) in [5.74, 6) is 2.26. The van der Waals surface area contributed by atoms with E-state index >= 15 is 0 Å². The van der Waals surface area contributed by atoms with Crippen LogP contribution in [0.5, 0.6) is 5.88 Å². The zero-order chi connectivity index (χ0) is 19.3. The van der Waals surface area contributed by atoms with Crippen molar-refractivity contribution >= 4 is 23.8 Å². The number of aromatic hydroxyl groups is 1. The highest BCUT2D eigenvalue weighted by atomic mass is 32.2. The van der Waals surface area contributed by atoms with Crippen molar-refractivity contribution in [3.05, 3.63) is 46.1 Å². The fraction of sp³-hybridized carbons (Fsp3) is 0.455. The Morgan fingerprint density at radius 3 is 3.18 bits per heavy atom. The standard InChI is InChI=1S/C22H26N4OS/c1-3-22(7-6-15-10-16(15)11-22)13(2)24-21-25-18(20(27)26-21)8-14-4-5-17-19(9-14)28-12-23-17/h4-6,8-9,13,16,27H,3,7,10-12H2,1-2H3,(H2,24,25,26). The van der Waals surface area contributed by atoms with Crippen LogP contribution in [0.2, 0.25) is 0 Å². The lowest BCUT2D eigenvalue weighted by Crippen LogP contribution is -2.39. The van der Waals surface area contributed by atoms with Crippen molar-refractivity contribution in [3.63, 3.8) is 0 Å². The van der Waals surface area contributed by atoms with Crippen molar-refractivity contribution in [1.29, 1.82) is 0 Å². The van der Waals surface area contributed by atoms with Crippen LogP contribution in [0.3, 0.4) is 0 Å². The number of nitrogens with one attached hydrogen (secondary N) is 2. The SMILES string of the molecule is CCC1(C(C)Nc2nc(O)c(C=c3ccc4c(c3)SCN=4)[nH]2)CC=C2CC2C1. The average molecular weight is 395 g/mol. The van der Waals surface area contributed by atoms with Gasteiger partial charge >= 0.3 is 0 Å². The maximum Gasteiger partial charge on any atom is 0.238 e. The summed E-state index contributed by atoms with van der Waals surface area (Å²) in [6.45, 7) is 4.53. The molecule has 1 saturated carbocycles. The van der Waals surface area contributed by atoms with E-state index in [1.165, 1.54) is 17.7 Å². The number of aromatic amines is 1. The normalized spacial score (nSPS) is 26.9. The molecule has 1 aromatic heterocycles. The van der Waals surface area contributed by atoms with Crippen LogP contribution in [0.4, 0.5) is 5.95 Å². The van der Waals surface area contributed by atoms with Gasteiger partial charge in [-0.15, -0.1) is 11.8 Å². The molecule has 0 bridgehead atoms. The highest BCUT2D eigenvalue weighted by Crippen LogP contribution is 2.54. The Balaban J connectivity index is 1.37. The van der Waals surface area contributed by atoms with Gasteiger partial charge in [0.2, 0.25) is 11.8 Å². The Labute approximate surface area is 169 Å². The van der Waals surface area contributed by atoms with Crippen LogP contribution in [0, 0.1) is 11.3 Å². The predicted octanol–water partition coefficient (Wildman–Crippen LogP) is 3.56. The summed E-state index contributed by atoms with van der Waals surface area (Å²) in [6, 6.07) is 6.45. The first-order valence-corrected chi connectivity index (χ1v) is 11.1. The number of allylic oxidation sites excluding steroid dienone is 2. The minimum Gasteiger partial charge on any atom is -0.492 e. The van der Waals surface area contributed by atoms with Gasteiger partial charge < -0.3 is 15.4 Å². The smallest absolute Gasteiger partial charge is 0.238 e. The number of aromatic nitrogens is 2. The second-order valence-corrected chi connectivity index (χ2v) is 9.28. The Hall–Kier alpha value is -2.21. The van der Waals surface area contributed by atoms with Gasteiger partial charge in [0.1, 0.15) is 5.69 Å². The molecule has 1 fully saturated rings. The van der Waals surface area contributed by atoms with Crippen LogP contribution >= 0.6 is 11.8 Å². The van der Waals surface area contributed by atoms with E-state index in [2.05, 4.69) is 46.3 Å². The van der Waals surface area contributed by atoms with Crippen molar-refractivity contribution in [2.75, 3.05) is 11.2 Å². The van der Waals surface area contributed by atoms with Gasteiger partial charge in [0.25, 0.3) is 0 Å². The van der Waals surface area contributed by atoms with Crippen LogP contribution < -0.4 is 15.9 Å². The highest BCUT2D eigenvalue weighted by molar-refractivity contribution is 7.99. The lowest BCUT2D eigenvalue weighted by Gasteiger charge is -2.40. The van der Waals surface area contributed by atoms with E-state index in [0.717, 1.165) is 35.2 Å². The number of nitrogens with zero attached hydrogens (tertiary/aromatic N) is 2. The number of hydrogen-bond donors (Lipinski definition) is 3. The first-order valence-electron chi connectivity index (χ1n) is 10.1. The van der Waals surface area contributed by atoms with Crippen molar-refractivity contribution < 1.29 is 5.11 Å². The van der Waals surface area contributed by atoms with Gasteiger partial charge in [0.05, 0.1) is 11.2 Å². The van der Waals surface area contributed by atoms with E-state index in [1.54, 1.807) is 17.3 Å².